The van der Waals surface area contributed by atoms with E-state index in [0.29, 0.717) is 6.54 Å². The van der Waals surface area contributed by atoms with E-state index in [-0.39, 0.29) is 5.91 Å². The quantitative estimate of drug-likeness (QED) is 0.789. The van der Waals surface area contributed by atoms with E-state index in [0.717, 1.165) is 30.5 Å². The van der Waals surface area contributed by atoms with E-state index in [1.54, 1.807) is 4.90 Å². The van der Waals surface area contributed by atoms with Gasteiger partial charge >= 0.3 is 0 Å². The molecule has 0 fully saturated rings. The largest absolute Gasteiger partial charge is 0.378 e. The molecule has 0 bridgehead atoms. The highest BCUT2D eigenvalue weighted by molar-refractivity contribution is 6.03. The summed E-state index contributed by atoms with van der Waals surface area (Å²) in [5.41, 5.74) is 1.61. The maximum atomic E-state index is 11.8. The summed E-state index contributed by atoms with van der Waals surface area (Å²) in [4.78, 5) is 13.5. The number of hydrogen-bond donors (Lipinski definition) is 1. The molecule has 1 aromatic carbocycles. The summed E-state index contributed by atoms with van der Waals surface area (Å²) in [5, 5.41) is 9.79. The Balaban J connectivity index is 2.17. The van der Waals surface area contributed by atoms with Crippen LogP contribution in [0.15, 0.2) is 24.3 Å². The fraction of sp³-hybridized carbons (Fsp3) is 0.462. The fourth-order valence-electron chi connectivity index (χ4n) is 2.11. The van der Waals surface area contributed by atoms with Gasteiger partial charge in [0.1, 0.15) is 0 Å². The Morgan fingerprint density at radius 1 is 1.31 bits per heavy atom. The molecule has 2 rings (SSSR count). The molecule has 1 unspecified atom stereocenters. The lowest BCUT2D eigenvalue weighted by Gasteiger charge is -2.16. The molecule has 0 radical (unpaired) electrons. The molecule has 1 aromatic rings. The van der Waals surface area contributed by atoms with Crippen LogP contribution >= 0.6 is 0 Å². The van der Waals surface area contributed by atoms with Crippen LogP contribution in [0.4, 0.5) is 5.69 Å². The Hall–Kier alpha value is -1.35. The van der Waals surface area contributed by atoms with Crippen LogP contribution in [0.25, 0.3) is 0 Å². The number of amides is 1. The van der Waals surface area contributed by atoms with Gasteiger partial charge in [-0.1, -0.05) is 38.0 Å². The van der Waals surface area contributed by atoms with Gasteiger partial charge < -0.3 is 10.0 Å². The average molecular weight is 219 g/mol. The van der Waals surface area contributed by atoms with E-state index < -0.39 is 6.10 Å². The first-order valence-corrected chi connectivity index (χ1v) is 5.84. The molecule has 1 atom stereocenters. The molecule has 3 nitrogen and oxygen atoms in total. The predicted octanol–water partition coefficient (Wildman–Crippen LogP) is 2.26. The van der Waals surface area contributed by atoms with Crippen LogP contribution in [0.2, 0.25) is 0 Å². The van der Waals surface area contributed by atoms with Crippen LogP contribution in [-0.4, -0.2) is 17.6 Å². The molecule has 1 aliphatic heterocycles. The van der Waals surface area contributed by atoms with Gasteiger partial charge in [-0.05, 0) is 12.5 Å². The minimum absolute atomic E-state index is 0.183. The second-order valence-electron chi connectivity index (χ2n) is 4.16. The standard InChI is InChI=1S/C13H17NO2/c1-2-3-6-9-14-11-8-5-4-7-10(11)12(15)13(14)16/h4-5,7-8,12,15H,2-3,6,9H2,1H3. The van der Waals surface area contributed by atoms with E-state index in [2.05, 4.69) is 6.92 Å². The smallest absolute Gasteiger partial charge is 0.260 e. The molecule has 1 aliphatic rings. The van der Waals surface area contributed by atoms with Crippen molar-refractivity contribution in [2.75, 3.05) is 11.4 Å². The van der Waals surface area contributed by atoms with Crippen LogP contribution in [0.1, 0.15) is 37.9 Å². The lowest BCUT2D eigenvalue weighted by atomic mass is 10.1. The zero-order valence-corrected chi connectivity index (χ0v) is 9.52. The van der Waals surface area contributed by atoms with Crippen molar-refractivity contribution in [2.45, 2.75) is 32.3 Å². The second-order valence-corrected chi connectivity index (χ2v) is 4.16. The lowest BCUT2D eigenvalue weighted by Crippen LogP contribution is -2.29. The SMILES string of the molecule is CCCCCN1C(=O)C(O)c2ccccc21. The molecular weight excluding hydrogens is 202 g/mol. The number of carbonyl (C=O) groups excluding carboxylic acids is 1. The van der Waals surface area contributed by atoms with Gasteiger partial charge in [-0.3, -0.25) is 4.79 Å². The maximum absolute atomic E-state index is 11.8. The summed E-state index contributed by atoms with van der Waals surface area (Å²) in [5.74, 6) is -0.183. The molecular formula is C13H17NO2. The molecule has 16 heavy (non-hydrogen) atoms. The highest BCUT2D eigenvalue weighted by atomic mass is 16.3. The Morgan fingerprint density at radius 2 is 2.06 bits per heavy atom. The minimum atomic E-state index is -0.960. The summed E-state index contributed by atoms with van der Waals surface area (Å²) in [6.45, 7) is 2.84. The zero-order chi connectivity index (χ0) is 11.5. The molecule has 1 heterocycles. The van der Waals surface area contributed by atoms with Crippen molar-refractivity contribution in [1.29, 1.82) is 0 Å². The summed E-state index contributed by atoms with van der Waals surface area (Å²) in [6.07, 6.45) is 2.27. The highest BCUT2D eigenvalue weighted by Gasteiger charge is 2.34. The van der Waals surface area contributed by atoms with Crippen LogP contribution in [0.5, 0.6) is 0 Å². The maximum Gasteiger partial charge on any atom is 0.260 e. The van der Waals surface area contributed by atoms with E-state index in [4.69, 9.17) is 0 Å². The first-order valence-electron chi connectivity index (χ1n) is 5.84. The molecule has 1 amide bonds. The normalized spacial score (nSPS) is 19.0. The Kier molecular flexibility index (Phi) is 3.25. The monoisotopic (exact) mass is 219 g/mol. The number of fused-ring (bicyclic) bond motifs is 1. The van der Waals surface area contributed by atoms with E-state index in [1.165, 1.54) is 0 Å². The van der Waals surface area contributed by atoms with Gasteiger partial charge in [0, 0.05) is 12.1 Å². The number of para-hydroxylation sites is 1. The molecule has 1 N–H and O–H groups in total. The summed E-state index contributed by atoms with van der Waals surface area (Å²) in [6, 6.07) is 7.47. The van der Waals surface area contributed by atoms with Crippen molar-refractivity contribution >= 4 is 11.6 Å². The molecule has 86 valence electrons. The van der Waals surface area contributed by atoms with Crippen molar-refractivity contribution in [3.63, 3.8) is 0 Å². The van der Waals surface area contributed by atoms with Crippen molar-refractivity contribution in [3.05, 3.63) is 29.8 Å². The lowest BCUT2D eigenvalue weighted by molar-refractivity contribution is -0.125. The number of hydrogen-bond acceptors (Lipinski definition) is 2. The Morgan fingerprint density at radius 3 is 2.81 bits per heavy atom. The van der Waals surface area contributed by atoms with Crippen molar-refractivity contribution in [2.24, 2.45) is 0 Å². The summed E-state index contributed by atoms with van der Waals surface area (Å²) < 4.78 is 0. The van der Waals surface area contributed by atoms with Gasteiger partial charge in [0.2, 0.25) is 0 Å². The average Bonchev–Trinajstić information content (AvgIpc) is 2.55. The van der Waals surface area contributed by atoms with E-state index >= 15 is 0 Å². The van der Waals surface area contributed by atoms with Gasteiger partial charge in [-0.15, -0.1) is 0 Å². The third-order valence-corrected chi connectivity index (χ3v) is 3.01. The number of benzene rings is 1. The number of anilines is 1. The van der Waals surface area contributed by atoms with E-state index in [9.17, 15) is 9.90 Å². The van der Waals surface area contributed by atoms with Crippen molar-refractivity contribution in [3.8, 4) is 0 Å². The van der Waals surface area contributed by atoms with Gasteiger partial charge in [-0.2, -0.15) is 0 Å². The van der Waals surface area contributed by atoms with Crippen LogP contribution < -0.4 is 4.90 Å². The minimum Gasteiger partial charge on any atom is -0.378 e. The molecule has 0 saturated carbocycles. The van der Waals surface area contributed by atoms with Crippen molar-refractivity contribution in [1.82, 2.24) is 0 Å². The summed E-state index contributed by atoms with van der Waals surface area (Å²) in [7, 11) is 0. The molecule has 3 heteroatoms. The van der Waals surface area contributed by atoms with Gasteiger partial charge in [-0.25, -0.2) is 0 Å². The number of aliphatic hydroxyl groups is 1. The molecule has 0 aliphatic carbocycles. The number of carbonyl (C=O) groups is 1. The van der Waals surface area contributed by atoms with Crippen LogP contribution in [0.3, 0.4) is 0 Å². The third-order valence-electron chi connectivity index (χ3n) is 3.01. The first-order chi connectivity index (χ1) is 7.75. The fourth-order valence-corrected chi connectivity index (χ4v) is 2.11. The van der Waals surface area contributed by atoms with E-state index in [1.807, 2.05) is 24.3 Å². The van der Waals surface area contributed by atoms with Gasteiger partial charge in [0.05, 0.1) is 5.69 Å². The topological polar surface area (TPSA) is 40.5 Å². The Bertz CT molecular complexity index is 389. The predicted molar refractivity (Wildman–Crippen MR) is 63.3 cm³/mol. The Labute approximate surface area is 95.7 Å². The molecule has 0 aromatic heterocycles. The highest BCUT2D eigenvalue weighted by Crippen LogP contribution is 2.35. The number of unbranched alkanes of at least 4 members (excludes halogenated alkanes) is 2. The van der Waals surface area contributed by atoms with Gasteiger partial charge in [0.25, 0.3) is 5.91 Å². The molecule has 0 saturated heterocycles. The molecule has 0 spiro atoms. The second kappa shape index (κ2) is 4.66. The summed E-state index contributed by atoms with van der Waals surface area (Å²) >= 11 is 0. The van der Waals surface area contributed by atoms with Crippen molar-refractivity contribution < 1.29 is 9.90 Å². The zero-order valence-electron chi connectivity index (χ0n) is 9.52. The number of nitrogens with zero attached hydrogens (tertiary/aromatic N) is 1. The number of rotatable bonds is 4. The van der Waals surface area contributed by atoms with Gasteiger partial charge in [0.15, 0.2) is 6.10 Å². The van der Waals surface area contributed by atoms with Crippen LogP contribution in [0, 0.1) is 0 Å². The van der Waals surface area contributed by atoms with Crippen LogP contribution in [-0.2, 0) is 4.79 Å². The first kappa shape index (κ1) is 11.1. The third kappa shape index (κ3) is 1.83. The number of aliphatic hydroxyl groups excluding tert-OH is 1.